The Morgan fingerprint density at radius 3 is 2.42 bits per heavy atom. The molecular formula is C22H18ClN3O4S. The topological polar surface area (TPSA) is 112 Å². The first kappa shape index (κ1) is 22.3. The second-order valence-corrected chi connectivity index (χ2v) is 8.62. The summed E-state index contributed by atoms with van der Waals surface area (Å²) >= 11 is 5.78. The fraction of sp³-hybridized carbons (Fsp3) is 0.0909. The minimum Gasteiger partial charge on any atom is -0.460 e. The van der Waals surface area contributed by atoms with Crippen LogP contribution in [0.1, 0.15) is 17.1 Å². The summed E-state index contributed by atoms with van der Waals surface area (Å²) in [5.74, 6) is 0.0469. The molecule has 158 valence electrons. The quantitative estimate of drug-likeness (QED) is 0.398. The van der Waals surface area contributed by atoms with Crippen molar-refractivity contribution in [2.45, 2.75) is 18.0 Å². The molecule has 2 N–H and O–H groups in total. The molecule has 0 aliphatic rings. The predicted molar refractivity (Wildman–Crippen MR) is 116 cm³/mol. The Balaban J connectivity index is 1.62. The van der Waals surface area contributed by atoms with Crippen LogP contribution in [-0.2, 0) is 27.9 Å². The van der Waals surface area contributed by atoms with E-state index in [1.54, 1.807) is 12.1 Å². The van der Waals surface area contributed by atoms with Gasteiger partial charge in [0.15, 0.2) is 0 Å². The van der Waals surface area contributed by atoms with Crippen molar-refractivity contribution in [3.63, 3.8) is 0 Å². The standard InChI is InChI=1S/C22H18ClN3O4S/c23-18-6-10-21(11-7-18)31(28,29)26-15-20-9-8-19(30-20)12-17(13-24)22(27)25-14-16-4-2-1-3-5-16/h1-12,26H,14-15H2,(H,25,27)/b17-12-. The number of benzene rings is 2. The average molecular weight is 456 g/mol. The molecule has 0 aliphatic carbocycles. The maximum atomic E-state index is 12.3. The van der Waals surface area contributed by atoms with Crippen LogP contribution < -0.4 is 10.0 Å². The van der Waals surface area contributed by atoms with E-state index in [0.717, 1.165) is 5.56 Å². The lowest BCUT2D eigenvalue weighted by atomic mass is 10.2. The van der Waals surface area contributed by atoms with E-state index >= 15 is 0 Å². The van der Waals surface area contributed by atoms with Gasteiger partial charge in [-0.25, -0.2) is 13.1 Å². The molecule has 1 heterocycles. The summed E-state index contributed by atoms with van der Waals surface area (Å²) in [5, 5.41) is 12.4. The molecule has 0 saturated carbocycles. The average Bonchev–Trinajstić information content (AvgIpc) is 3.23. The summed E-state index contributed by atoms with van der Waals surface area (Å²) in [6.07, 6.45) is 1.30. The van der Waals surface area contributed by atoms with Crippen molar-refractivity contribution in [2.24, 2.45) is 0 Å². The Morgan fingerprint density at radius 1 is 1.03 bits per heavy atom. The molecular weight excluding hydrogens is 438 g/mol. The number of halogens is 1. The molecule has 0 unspecified atom stereocenters. The Bertz CT molecular complexity index is 1230. The predicted octanol–water partition coefficient (Wildman–Crippen LogP) is 3.63. The molecule has 9 heteroatoms. The monoisotopic (exact) mass is 455 g/mol. The van der Waals surface area contributed by atoms with E-state index in [4.69, 9.17) is 16.0 Å². The number of amides is 1. The van der Waals surface area contributed by atoms with Gasteiger partial charge in [0.1, 0.15) is 23.2 Å². The van der Waals surface area contributed by atoms with E-state index in [0.29, 0.717) is 10.8 Å². The first-order valence-electron chi connectivity index (χ1n) is 9.15. The molecule has 31 heavy (non-hydrogen) atoms. The number of nitriles is 1. The van der Waals surface area contributed by atoms with Crippen molar-refractivity contribution >= 4 is 33.6 Å². The smallest absolute Gasteiger partial charge is 0.262 e. The largest absolute Gasteiger partial charge is 0.460 e. The Morgan fingerprint density at radius 2 is 1.74 bits per heavy atom. The zero-order chi connectivity index (χ0) is 22.3. The van der Waals surface area contributed by atoms with Crippen molar-refractivity contribution in [1.29, 1.82) is 5.26 Å². The third kappa shape index (κ3) is 6.30. The number of hydrogen-bond donors (Lipinski definition) is 2. The molecule has 0 atom stereocenters. The van der Waals surface area contributed by atoms with Gasteiger partial charge in [-0.1, -0.05) is 41.9 Å². The minimum absolute atomic E-state index is 0.0745. The first-order valence-corrected chi connectivity index (χ1v) is 11.0. The van der Waals surface area contributed by atoms with Crippen LogP contribution in [0.3, 0.4) is 0 Å². The summed E-state index contributed by atoms with van der Waals surface area (Å²) in [5.41, 5.74) is 0.778. The van der Waals surface area contributed by atoms with Gasteiger partial charge in [0, 0.05) is 17.6 Å². The summed E-state index contributed by atoms with van der Waals surface area (Å²) in [7, 11) is -3.74. The van der Waals surface area contributed by atoms with E-state index in [-0.39, 0.29) is 29.3 Å². The Labute approximate surface area is 185 Å². The van der Waals surface area contributed by atoms with Gasteiger partial charge in [-0.15, -0.1) is 0 Å². The Kier molecular flexibility index (Phi) is 7.26. The van der Waals surface area contributed by atoms with Crippen molar-refractivity contribution in [1.82, 2.24) is 10.0 Å². The maximum Gasteiger partial charge on any atom is 0.262 e. The van der Waals surface area contributed by atoms with Crippen LogP contribution in [0.5, 0.6) is 0 Å². The number of carbonyl (C=O) groups is 1. The van der Waals surface area contributed by atoms with Crippen LogP contribution >= 0.6 is 11.6 Å². The van der Waals surface area contributed by atoms with Gasteiger partial charge in [-0.2, -0.15) is 5.26 Å². The number of sulfonamides is 1. The minimum atomic E-state index is -3.74. The zero-order valence-corrected chi connectivity index (χ0v) is 17.8. The lowest BCUT2D eigenvalue weighted by molar-refractivity contribution is -0.117. The lowest BCUT2D eigenvalue weighted by Crippen LogP contribution is -2.23. The Hall–Kier alpha value is -3.38. The fourth-order valence-electron chi connectivity index (χ4n) is 2.59. The van der Waals surface area contributed by atoms with E-state index in [9.17, 15) is 18.5 Å². The number of hydrogen-bond acceptors (Lipinski definition) is 5. The second kappa shape index (κ2) is 10.1. The summed E-state index contributed by atoms with van der Waals surface area (Å²) in [4.78, 5) is 12.3. The normalized spacial score (nSPS) is 11.7. The van der Waals surface area contributed by atoms with Gasteiger partial charge in [0.25, 0.3) is 5.91 Å². The van der Waals surface area contributed by atoms with Crippen molar-refractivity contribution in [2.75, 3.05) is 0 Å². The summed E-state index contributed by atoms with van der Waals surface area (Å²) in [6.45, 7) is 0.190. The third-order valence-corrected chi connectivity index (χ3v) is 5.86. The first-order chi connectivity index (χ1) is 14.9. The summed E-state index contributed by atoms with van der Waals surface area (Å²) < 4.78 is 32.6. The van der Waals surface area contributed by atoms with Gasteiger partial charge in [-0.05, 0) is 42.0 Å². The highest BCUT2D eigenvalue weighted by atomic mass is 35.5. The third-order valence-electron chi connectivity index (χ3n) is 4.19. The van der Waals surface area contributed by atoms with Crippen LogP contribution in [-0.4, -0.2) is 14.3 Å². The van der Waals surface area contributed by atoms with E-state index in [1.165, 1.54) is 30.3 Å². The van der Waals surface area contributed by atoms with Gasteiger partial charge >= 0.3 is 0 Å². The highest BCUT2D eigenvalue weighted by molar-refractivity contribution is 7.89. The molecule has 3 rings (SSSR count). The molecule has 0 radical (unpaired) electrons. The van der Waals surface area contributed by atoms with Gasteiger partial charge in [0.2, 0.25) is 10.0 Å². The molecule has 0 bridgehead atoms. The lowest BCUT2D eigenvalue weighted by Gasteiger charge is -2.05. The highest BCUT2D eigenvalue weighted by Gasteiger charge is 2.15. The molecule has 2 aromatic carbocycles. The van der Waals surface area contributed by atoms with Crippen molar-refractivity contribution in [3.05, 3.63) is 94.4 Å². The van der Waals surface area contributed by atoms with Gasteiger partial charge in [-0.3, -0.25) is 4.79 Å². The van der Waals surface area contributed by atoms with Crippen LogP contribution in [0, 0.1) is 11.3 Å². The number of rotatable bonds is 8. The zero-order valence-electron chi connectivity index (χ0n) is 16.2. The van der Waals surface area contributed by atoms with Crippen LogP contribution in [0.25, 0.3) is 6.08 Å². The number of furan rings is 1. The van der Waals surface area contributed by atoms with E-state index < -0.39 is 15.9 Å². The highest BCUT2D eigenvalue weighted by Crippen LogP contribution is 2.16. The molecule has 0 saturated heterocycles. The molecule has 1 amide bonds. The van der Waals surface area contributed by atoms with Crippen LogP contribution in [0.2, 0.25) is 5.02 Å². The van der Waals surface area contributed by atoms with Gasteiger partial charge in [0.05, 0.1) is 11.4 Å². The number of nitrogens with zero attached hydrogens (tertiary/aromatic N) is 1. The van der Waals surface area contributed by atoms with Gasteiger partial charge < -0.3 is 9.73 Å². The number of nitrogens with one attached hydrogen (secondary N) is 2. The molecule has 7 nitrogen and oxygen atoms in total. The molecule has 1 aromatic heterocycles. The SMILES string of the molecule is N#C/C(=C/c1ccc(CNS(=O)(=O)c2ccc(Cl)cc2)o1)C(=O)NCc1ccccc1. The summed E-state index contributed by atoms with van der Waals surface area (Å²) in [6, 6.07) is 20.0. The molecule has 3 aromatic rings. The fourth-order valence-corrected chi connectivity index (χ4v) is 3.71. The molecule has 0 aliphatic heterocycles. The number of carbonyl (C=O) groups excluding carboxylic acids is 1. The van der Waals surface area contributed by atoms with Crippen molar-refractivity contribution < 1.29 is 17.6 Å². The van der Waals surface area contributed by atoms with E-state index in [1.807, 2.05) is 36.4 Å². The molecule has 0 fully saturated rings. The van der Waals surface area contributed by atoms with Crippen LogP contribution in [0.15, 0.2) is 81.6 Å². The maximum absolute atomic E-state index is 12.3. The molecule has 0 spiro atoms. The van der Waals surface area contributed by atoms with Crippen molar-refractivity contribution in [3.8, 4) is 6.07 Å². The van der Waals surface area contributed by atoms with Crippen LogP contribution in [0.4, 0.5) is 0 Å². The second-order valence-electron chi connectivity index (χ2n) is 6.42. The van der Waals surface area contributed by atoms with E-state index in [2.05, 4.69) is 10.0 Å².